The van der Waals surface area contributed by atoms with E-state index in [9.17, 15) is 4.39 Å². The van der Waals surface area contributed by atoms with Gasteiger partial charge in [-0.1, -0.05) is 6.07 Å². The topological polar surface area (TPSA) is 30.7 Å². The van der Waals surface area contributed by atoms with Crippen LogP contribution in [0.25, 0.3) is 32.7 Å². The van der Waals surface area contributed by atoms with Gasteiger partial charge in [0.25, 0.3) is 0 Å². The summed E-state index contributed by atoms with van der Waals surface area (Å²) in [5, 5.41) is 0. The second-order valence-electron chi connectivity index (χ2n) is 6.86. The van der Waals surface area contributed by atoms with Gasteiger partial charge in [0.1, 0.15) is 11.6 Å². The molecule has 0 atom stereocenters. The standard InChI is InChI=1S/C21H18FN3S/c1-12-13(2)16(22)7-6-15(12)20-21(25-9-3-4-19(25)24-20)14-5-8-17-18(10-14)26-11-23-17/h5-8,10-11H,3-4,9H2,1-2H3. The predicted molar refractivity (Wildman–Crippen MR) is 104 cm³/mol. The van der Waals surface area contributed by atoms with Crippen molar-refractivity contribution in [2.24, 2.45) is 0 Å². The zero-order valence-corrected chi connectivity index (χ0v) is 15.5. The third-order valence-electron chi connectivity index (χ3n) is 5.41. The lowest BCUT2D eigenvalue weighted by Gasteiger charge is -2.12. The third-order valence-corrected chi connectivity index (χ3v) is 6.20. The molecule has 3 nitrogen and oxygen atoms in total. The van der Waals surface area contributed by atoms with Gasteiger partial charge in [0.15, 0.2) is 0 Å². The minimum absolute atomic E-state index is 0.161. The van der Waals surface area contributed by atoms with E-state index in [4.69, 9.17) is 4.98 Å². The van der Waals surface area contributed by atoms with E-state index in [0.29, 0.717) is 5.56 Å². The van der Waals surface area contributed by atoms with E-state index in [1.165, 1.54) is 4.70 Å². The van der Waals surface area contributed by atoms with Crippen molar-refractivity contribution in [3.05, 3.63) is 58.6 Å². The number of benzene rings is 2. The van der Waals surface area contributed by atoms with Gasteiger partial charge in [-0.3, -0.25) is 0 Å². The van der Waals surface area contributed by atoms with Gasteiger partial charge in [0, 0.05) is 24.1 Å². The van der Waals surface area contributed by atoms with Crippen LogP contribution < -0.4 is 0 Å². The molecule has 1 aliphatic heterocycles. The first kappa shape index (κ1) is 15.7. The second kappa shape index (κ2) is 5.74. The molecule has 2 aromatic heterocycles. The molecule has 26 heavy (non-hydrogen) atoms. The monoisotopic (exact) mass is 363 g/mol. The van der Waals surface area contributed by atoms with E-state index >= 15 is 0 Å². The van der Waals surface area contributed by atoms with Gasteiger partial charge in [-0.2, -0.15) is 0 Å². The van der Waals surface area contributed by atoms with Crippen LogP contribution in [0.3, 0.4) is 0 Å². The first-order valence-corrected chi connectivity index (χ1v) is 9.70. The van der Waals surface area contributed by atoms with Gasteiger partial charge in [-0.05, 0) is 55.7 Å². The molecule has 0 radical (unpaired) electrons. The zero-order valence-electron chi connectivity index (χ0n) is 14.7. The van der Waals surface area contributed by atoms with Crippen LogP contribution >= 0.6 is 11.3 Å². The highest BCUT2D eigenvalue weighted by Gasteiger charge is 2.24. The van der Waals surface area contributed by atoms with Crippen LogP contribution in [-0.2, 0) is 13.0 Å². The quantitative estimate of drug-likeness (QED) is 0.469. The largest absolute Gasteiger partial charge is 0.327 e. The van der Waals surface area contributed by atoms with Crippen molar-refractivity contribution in [3.8, 4) is 22.5 Å². The molecule has 0 saturated heterocycles. The van der Waals surface area contributed by atoms with Gasteiger partial charge >= 0.3 is 0 Å². The molecular weight excluding hydrogens is 345 g/mol. The Hall–Kier alpha value is -2.53. The number of fused-ring (bicyclic) bond motifs is 2. The molecule has 0 amide bonds. The molecule has 1 aliphatic rings. The highest BCUT2D eigenvalue weighted by atomic mass is 32.1. The van der Waals surface area contributed by atoms with Crippen LogP contribution in [0.5, 0.6) is 0 Å². The fourth-order valence-corrected chi connectivity index (χ4v) is 4.57. The SMILES string of the molecule is Cc1c(F)ccc(-c2nc3n(c2-c2ccc4ncsc4c2)CCC3)c1C. The number of hydrogen-bond donors (Lipinski definition) is 0. The van der Waals surface area contributed by atoms with E-state index in [0.717, 1.165) is 58.8 Å². The molecule has 0 N–H and O–H groups in total. The fourth-order valence-electron chi connectivity index (χ4n) is 3.85. The molecule has 0 aliphatic carbocycles. The van der Waals surface area contributed by atoms with Crippen molar-refractivity contribution in [2.75, 3.05) is 0 Å². The maximum absolute atomic E-state index is 14.0. The number of halogens is 1. The summed E-state index contributed by atoms with van der Waals surface area (Å²) in [4.78, 5) is 9.35. The zero-order chi connectivity index (χ0) is 17.8. The van der Waals surface area contributed by atoms with Gasteiger partial charge < -0.3 is 4.57 Å². The molecule has 0 bridgehead atoms. The Labute approximate surface area is 155 Å². The van der Waals surface area contributed by atoms with Crippen molar-refractivity contribution >= 4 is 21.6 Å². The number of imidazole rings is 1. The Morgan fingerprint density at radius 2 is 2.00 bits per heavy atom. The van der Waals surface area contributed by atoms with Gasteiger partial charge in [-0.25, -0.2) is 14.4 Å². The fraction of sp³-hybridized carbons (Fsp3) is 0.238. The number of nitrogens with zero attached hydrogens (tertiary/aromatic N) is 3. The molecule has 4 aromatic rings. The predicted octanol–water partition coefficient (Wildman–Crippen LogP) is 5.53. The number of hydrogen-bond acceptors (Lipinski definition) is 3. The van der Waals surface area contributed by atoms with Gasteiger partial charge in [-0.15, -0.1) is 11.3 Å². The number of rotatable bonds is 2. The van der Waals surface area contributed by atoms with Crippen LogP contribution in [0.1, 0.15) is 23.4 Å². The average Bonchev–Trinajstić information content (AvgIpc) is 3.34. The molecule has 5 heteroatoms. The summed E-state index contributed by atoms with van der Waals surface area (Å²) in [6.07, 6.45) is 2.12. The minimum atomic E-state index is -0.161. The summed E-state index contributed by atoms with van der Waals surface area (Å²) in [5.41, 5.74) is 8.83. The summed E-state index contributed by atoms with van der Waals surface area (Å²) in [5.74, 6) is 0.964. The van der Waals surface area contributed by atoms with Crippen LogP contribution in [0.4, 0.5) is 4.39 Å². The van der Waals surface area contributed by atoms with Crippen LogP contribution in [-0.4, -0.2) is 14.5 Å². The first-order valence-electron chi connectivity index (χ1n) is 8.82. The van der Waals surface area contributed by atoms with Gasteiger partial charge in [0.05, 0.1) is 27.1 Å². The summed E-state index contributed by atoms with van der Waals surface area (Å²) in [6.45, 7) is 4.80. The van der Waals surface area contributed by atoms with Crippen molar-refractivity contribution < 1.29 is 4.39 Å². The van der Waals surface area contributed by atoms with E-state index in [2.05, 4.69) is 27.8 Å². The van der Waals surface area contributed by atoms with E-state index in [1.54, 1.807) is 17.4 Å². The molecule has 2 aromatic carbocycles. The first-order chi connectivity index (χ1) is 12.6. The van der Waals surface area contributed by atoms with Crippen molar-refractivity contribution in [3.63, 3.8) is 0 Å². The van der Waals surface area contributed by atoms with Crippen LogP contribution in [0, 0.1) is 19.7 Å². The van der Waals surface area contributed by atoms with E-state index in [1.807, 2.05) is 25.4 Å². The van der Waals surface area contributed by atoms with Crippen molar-refractivity contribution in [1.29, 1.82) is 0 Å². The lowest BCUT2D eigenvalue weighted by atomic mass is 9.97. The molecule has 0 fully saturated rings. The highest BCUT2D eigenvalue weighted by molar-refractivity contribution is 7.16. The summed E-state index contributed by atoms with van der Waals surface area (Å²) in [6, 6.07) is 9.82. The number of aryl methyl sites for hydroxylation is 1. The Bertz CT molecular complexity index is 1160. The lowest BCUT2D eigenvalue weighted by molar-refractivity contribution is 0.617. The number of thiazole rings is 1. The van der Waals surface area contributed by atoms with Crippen LogP contribution in [0.2, 0.25) is 0 Å². The molecule has 3 heterocycles. The summed E-state index contributed by atoms with van der Waals surface area (Å²) in [7, 11) is 0. The molecule has 130 valence electrons. The molecule has 0 saturated carbocycles. The highest BCUT2D eigenvalue weighted by Crippen LogP contribution is 2.39. The Balaban J connectivity index is 1.79. The minimum Gasteiger partial charge on any atom is -0.327 e. The van der Waals surface area contributed by atoms with Gasteiger partial charge in [0.2, 0.25) is 0 Å². The third kappa shape index (κ3) is 2.23. The smallest absolute Gasteiger partial charge is 0.126 e. The summed E-state index contributed by atoms with van der Waals surface area (Å²) >= 11 is 1.65. The Morgan fingerprint density at radius 1 is 1.12 bits per heavy atom. The number of aromatic nitrogens is 3. The molecule has 5 rings (SSSR count). The van der Waals surface area contributed by atoms with E-state index < -0.39 is 0 Å². The lowest BCUT2D eigenvalue weighted by Crippen LogP contribution is -1.98. The van der Waals surface area contributed by atoms with Crippen molar-refractivity contribution in [1.82, 2.24) is 14.5 Å². The van der Waals surface area contributed by atoms with E-state index in [-0.39, 0.29) is 5.82 Å². The maximum Gasteiger partial charge on any atom is 0.126 e. The molecular formula is C21H18FN3S. The average molecular weight is 363 g/mol. The maximum atomic E-state index is 14.0. The molecule has 0 unspecified atom stereocenters. The normalized spacial score (nSPS) is 13.5. The summed E-state index contributed by atoms with van der Waals surface area (Å²) < 4.78 is 17.5. The van der Waals surface area contributed by atoms with Crippen LogP contribution in [0.15, 0.2) is 35.8 Å². The Kier molecular flexibility index (Phi) is 3.47. The Morgan fingerprint density at radius 3 is 2.88 bits per heavy atom. The second-order valence-corrected chi connectivity index (χ2v) is 7.75. The van der Waals surface area contributed by atoms with Crippen molar-refractivity contribution in [2.45, 2.75) is 33.2 Å². The molecule has 0 spiro atoms.